The predicted molar refractivity (Wildman–Crippen MR) is 73.2 cm³/mol. The summed E-state index contributed by atoms with van der Waals surface area (Å²) in [5.74, 6) is 0.426. The molecule has 2 aliphatic heterocycles. The van der Waals surface area contributed by atoms with Crippen molar-refractivity contribution in [1.82, 2.24) is 9.80 Å². The van der Waals surface area contributed by atoms with Gasteiger partial charge in [0, 0.05) is 25.2 Å². The van der Waals surface area contributed by atoms with E-state index >= 15 is 0 Å². The van der Waals surface area contributed by atoms with Gasteiger partial charge in [-0.25, -0.2) is 0 Å². The third kappa shape index (κ3) is 2.54. The Bertz CT molecular complexity index is 307. The average molecular weight is 253 g/mol. The lowest BCUT2D eigenvalue weighted by Gasteiger charge is -2.43. The van der Waals surface area contributed by atoms with E-state index in [2.05, 4.69) is 25.7 Å². The molecule has 0 aromatic heterocycles. The molecule has 2 fully saturated rings. The molecule has 1 amide bonds. The van der Waals surface area contributed by atoms with Crippen LogP contribution in [0.3, 0.4) is 0 Å². The summed E-state index contributed by atoms with van der Waals surface area (Å²) in [6.07, 6.45) is 3.47. The van der Waals surface area contributed by atoms with Gasteiger partial charge < -0.3 is 10.6 Å². The lowest BCUT2D eigenvalue weighted by atomic mass is 9.97. The van der Waals surface area contributed by atoms with E-state index in [1.165, 1.54) is 19.4 Å². The monoisotopic (exact) mass is 253 g/mol. The van der Waals surface area contributed by atoms with Crippen LogP contribution in [0.4, 0.5) is 0 Å². The van der Waals surface area contributed by atoms with Crippen LogP contribution in [0.25, 0.3) is 0 Å². The number of hydrogen-bond donors (Lipinski definition) is 1. The van der Waals surface area contributed by atoms with Gasteiger partial charge in [-0.3, -0.25) is 9.69 Å². The van der Waals surface area contributed by atoms with Gasteiger partial charge in [0.1, 0.15) is 0 Å². The fraction of sp³-hybridized carbons (Fsp3) is 0.929. The highest BCUT2D eigenvalue weighted by atomic mass is 16.2. The van der Waals surface area contributed by atoms with E-state index in [9.17, 15) is 4.79 Å². The molecule has 4 unspecified atom stereocenters. The zero-order valence-corrected chi connectivity index (χ0v) is 11.9. The molecule has 2 saturated heterocycles. The number of hydrogen-bond acceptors (Lipinski definition) is 3. The lowest BCUT2D eigenvalue weighted by molar-refractivity contribution is -0.139. The number of rotatable bonds is 3. The summed E-state index contributed by atoms with van der Waals surface area (Å²) in [6.45, 7) is 9.41. The van der Waals surface area contributed by atoms with Crippen molar-refractivity contribution in [3.8, 4) is 0 Å². The highest BCUT2D eigenvalue weighted by Gasteiger charge is 2.38. The van der Waals surface area contributed by atoms with Crippen LogP contribution in [0.1, 0.15) is 40.0 Å². The number of nitrogens with two attached hydrogens (primary N) is 1. The summed E-state index contributed by atoms with van der Waals surface area (Å²) in [6, 6.07) is 0.557. The first-order chi connectivity index (χ1) is 8.54. The van der Waals surface area contributed by atoms with Crippen molar-refractivity contribution < 1.29 is 4.79 Å². The molecule has 0 aromatic rings. The minimum absolute atomic E-state index is 0.156. The molecule has 2 aliphatic rings. The first-order valence-corrected chi connectivity index (χ1v) is 7.34. The van der Waals surface area contributed by atoms with E-state index in [0.29, 0.717) is 12.1 Å². The number of carbonyl (C=O) groups is 1. The van der Waals surface area contributed by atoms with Crippen molar-refractivity contribution in [3.63, 3.8) is 0 Å². The van der Waals surface area contributed by atoms with E-state index in [1.54, 1.807) is 0 Å². The summed E-state index contributed by atoms with van der Waals surface area (Å²) in [4.78, 5) is 17.0. The quantitative estimate of drug-likeness (QED) is 0.818. The van der Waals surface area contributed by atoms with Gasteiger partial charge in [-0.15, -0.1) is 0 Å². The molecular formula is C14H27N3O. The molecule has 4 heteroatoms. The third-order valence-corrected chi connectivity index (χ3v) is 4.76. The maximum atomic E-state index is 12.5. The summed E-state index contributed by atoms with van der Waals surface area (Å²) < 4.78 is 0. The van der Waals surface area contributed by atoms with Crippen molar-refractivity contribution in [1.29, 1.82) is 0 Å². The Morgan fingerprint density at radius 2 is 2.17 bits per heavy atom. The SMILES string of the molecule is CCC(C)C(N)C(=O)N1CC2CCCN2CC1C. The number of amides is 1. The minimum atomic E-state index is -0.328. The van der Waals surface area contributed by atoms with Crippen LogP contribution in [-0.2, 0) is 4.79 Å². The van der Waals surface area contributed by atoms with E-state index in [4.69, 9.17) is 5.73 Å². The van der Waals surface area contributed by atoms with Gasteiger partial charge in [0.05, 0.1) is 6.04 Å². The molecule has 18 heavy (non-hydrogen) atoms. The molecule has 0 radical (unpaired) electrons. The van der Waals surface area contributed by atoms with Crippen LogP contribution in [0.2, 0.25) is 0 Å². The van der Waals surface area contributed by atoms with Gasteiger partial charge in [0.25, 0.3) is 0 Å². The average Bonchev–Trinajstić information content (AvgIpc) is 2.82. The molecule has 4 nitrogen and oxygen atoms in total. The molecule has 2 heterocycles. The second-order valence-electron chi connectivity index (χ2n) is 6.04. The van der Waals surface area contributed by atoms with Crippen LogP contribution < -0.4 is 5.73 Å². The van der Waals surface area contributed by atoms with Crippen molar-refractivity contribution in [2.24, 2.45) is 11.7 Å². The highest BCUT2D eigenvalue weighted by Crippen LogP contribution is 2.25. The van der Waals surface area contributed by atoms with Gasteiger partial charge in [-0.1, -0.05) is 20.3 Å². The van der Waals surface area contributed by atoms with Crippen molar-refractivity contribution in [2.45, 2.75) is 58.2 Å². The number of piperazine rings is 1. The van der Waals surface area contributed by atoms with E-state index in [-0.39, 0.29) is 17.9 Å². The van der Waals surface area contributed by atoms with Crippen molar-refractivity contribution in [3.05, 3.63) is 0 Å². The van der Waals surface area contributed by atoms with Gasteiger partial charge in [-0.2, -0.15) is 0 Å². The van der Waals surface area contributed by atoms with Crippen LogP contribution in [0.5, 0.6) is 0 Å². The first-order valence-electron chi connectivity index (χ1n) is 7.34. The van der Waals surface area contributed by atoms with Crippen LogP contribution >= 0.6 is 0 Å². The summed E-state index contributed by atoms with van der Waals surface area (Å²) in [5.41, 5.74) is 6.10. The molecule has 2 N–H and O–H groups in total. The largest absolute Gasteiger partial charge is 0.336 e. The molecule has 2 rings (SSSR count). The Balaban J connectivity index is 2.01. The molecule has 0 spiro atoms. The topological polar surface area (TPSA) is 49.6 Å². The van der Waals surface area contributed by atoms with Crippen LogP contribution in [0, 0.1) is 5.92 Å². The zero-order valence-electron chi connectivity index (χ0n) is 11.9. The third-order valence-electron chi connectivity index (χ3n) is 4.76. The summed E-state index contributed by atoms with van der Waals surface area (Å²) in [7, 11) is 0. The van der Waals surface area contributed by atoms with Gasteiger partial charge in [-0.05, 0) is 32.2 Å². The Morgan fingerprint density at radius 1 is 1.44 bits per heavy atom. The highest BCUT2D eigenvalue weighted by molar-refractivity contribution is 5.82. The summed E-state index contributed by atoms with van der Waals surface area (Å²) in [5, 5.41) is 0. The van der Waals surface area contributed by atoms with E-state index < -0.39 is 0 Å². The van der Waals surface area contributed by atoms with Gasteiger partial charge in [0.15, 0.2) is 0 Å². The van der Waals surface area contributed by atoms with Crippen molar-refractivity contribution in [2.75, 3.05) is 19.6 Å². The van der Waals surface area contributed by atoms with E-state index in [0.717, 1.165) is 19.5 Å². The maximum Gasteiger partial charge on any atom is 0.240 e. The van der Waals surface area contributed by atoms with Crippen molar-refractivity contribution >= 4 is 5.91 Å². The Kier molecular flexibility index (Phi) is 4.28. The fourth-order valence-corrected chi connectivity index (χ4v) is 3.18. The molecule has 0 aliphatic carbocycles. The Labute approximate surface area is 110 Å². The predicted octanol–water partition coefficient (Wildman–Crippen LogP) is 1.05. The van der Waals surface area contributed by atoms with Gasteiger partial charge in [0.2, 0.25) is 5.91 Å². The smallest absolute Gasteiger partial charge is 0.240 e. The van der Waals surface area contributed by atoms with E-state index in [1.807, 2.05) is 4.90 Å². The number of fused-ring (bicyclic) bond motifs is 1. The summed E-state index contributed by atoms with van der Waals surface area (Å²) >= 11 is 0. The number of nitrogens with zero attached hydrogens (tertiary/aromatic N) is 2. The molecule has 0 saturated carbocycles. The minimum Gasteiger partial charge on any atom is -0.336 e. The molecule has 4 atom stereocenters. The standard InChI is InChI=1S/C14H27N3O/c1-4-10(2)13(15)14(18)17-9-12-6-5-7-16(12)8-11(17)3/h10-13H,4-9,15H2,1-3H3. The lowest BCUT2D eigenvalue weighted by Crippen LogP contribution is -2.60. The first kappa shape index (κ1) is 13.8. The molecule has 104 valence electrons. The van der Waals surface area contributed by atoms with Gasteiger partial charge >= 0.3 is 0 Å². The second kappa shape index (κ2) is 5.57. The second-order valence-corrected chi connectivity index (χ2v) is 6.04. The maximum absolute atomic E-state index is 12.5. The normalized spacial score (nSPS) is 32.1. The molecule has 0 aromatic carbocycles. The van der Waals surface area contributed by atoms with Crippen LogP contribution in [0.15, 0.2) is 0 Å². The Hall–Kier alpha value is -0.610. The Morgan fingerprint density at radius 3 is 2.83 bits per heavy atom. The van der Waals surface area contributed by atoms with Crippen LogP contribution in [-0.4, -0.2) is 53.5 Å². The fourth-order valence-electron chi connectivity index (χ4n) is 3.18. The molecular weight excluding hydrogens is 226 g/mol. The zero-order chi connectivity index (χ0) is 13.3. The number of carbonyl (C=O) groups excluding carboxylic acids is 1. The molecule has 0 bridgehead atoms.